The van der Waals surface area contributed by atoms with Crippen LogP contribution in [0.4, 0.5) is 5.69 Å². The zero-order valence-electron chi connectivity index (χ0n) is 18.1. The molecule has 1 unspecified atom stereocenters. The van der Waals surface area contributed by atoms with Crippen molar-refractivity contribution in [2.45, 2.75) is 44.2 Å². The molecule has 0 spiro atoms. The van der Waals surface area contributed by atoms with Crippen molar-refractivity contribution in [1.82, 2.24) is 19.2 Å². The summed E-state index contributed by atoms with van der Waals surface area (Å²) in [4.78, 5) is 37.7. The molecule has 2 fully saturated rings. The molecular weight excluding hydrogens is 414 g/mol. The summed E-state index contributed by atoms with van der Waals surface area (Å²) in [7, 11) is 1.60. The van der Waals surface area contributed by atoms with Crippen LogP contribution in [0.1, 0.15) is 49.0 Å². The topological polar surface area (TPSA) is 112 Å². The van der Waals surface area contributed by atoms with Crippen LogP contribution in [-0.2, 0) is 16.1 Å². The van der Waals surface area contributed by atoms with Gasteiger partial charge in [0.05, 0.1) is 18.1 Å². The Labute approximate surface area is 185 Å². The molecule has 1 saturated carbocycles. The van der Waals surface area contributed by atoms with E-state index >= 15 is 0 Å². The van der Waals surface area contributed by atoms with Gasteiger partial charge in [0, 0.05) is 50.4 Å². The first-order valence-electron chi connectivity index (χ1n) is 10.9. The van der Waals surface area contributed by atoms with E-state index in [4.69, 9.17) is 4.74 Å². The maximum Gasteiger partial charge on any atom is 0.346 e. The lowest BCUT2D eigenvalue weighted by atomic mass is 9.97. The Morgan fingerprint density at radius 2 is 2.03 bits per heavy atom. The van der Waals surface area contributed by atoms with E-state index in [2.05, 4.69) is 5.10 Å². The molecule has 2 heterocycles. The number of nitro benzene ring substituents is 1. The standard InChI is InChI=1S/C22H27N5O5/c1-32-14-13-25-22(29)26(18-9-10-18)21(23-25)17-3-2-12-24(15-17)20(28)11-6-16-4-7-19(8-5-16)27(30)31/h4-8,11,17-18H,2-3,9-10,12-15H2,1H3/b11-6+. The van der Waals surface area contributed by atoms with Crippen molar-refractivity contribution >= 4 is 17.7 Å². The van der Waals surface area contributed by atoms with Gasteiger partial charge in [0.15, 0.2) is 0 Å². The van der Waals surface area contributed by atoms with Crippen molar-refractivity contribution in [3.05, 3.63) is 62.3 Å². The van der Waals surface area contributed by atoms with E-state index in [9.17, 15) is 19.7 Å². The Hall–Kier alpha value is -3.27. The van der Waals surface area contributed by atoms with Gasteiger partial charge in [-0.05, 0) is 49.5 Å². The van der Waals surface area contributed by atoms with Crippen molar-refractivity contribution in [1.29, 1.82) is 0 Å². The number of rotatable bonds is 8. The van der Waals surface area contributed by atoms with Gasteiger partial charge in [-0.15, -0.1) is 0 Å². The minimum Gasteiger partial charge on any atom is -0.383 e. The normalized spacial score (nSPS) is 18.9. The third-order valence-corrected chi connectivity index (χ3v) is 5.94. The van der Waals surface area contributed by atoms with Crippen molar-refractivity contribution < 1.29 is 14.5 Å². The molecule has 1 aromatic heterocycles. The average molecular weight is 441 g/mol. The average Bonchev–Trinajstić information content (AvgIpc) is 3.59. The van der Waals surface area contributed by atoms with Crippen LogP contribution >= 0.6 is 0 Å². The number of methoxy groups -OCH3 is 1. The van der Waals surface area contributed by atoms with Gasteiger partial charge in [-0.2, -0.15) is 5.10 Å². The molecule has 10 nitrogen and oxygen atoms in total. The van der Waals surface area contributed by atoms with Gasteiger partial charge in [-0.1, -0.05) is 0 Å². The third kappa shape index (κ3) is 4.80. The van der Waals surface area contributed by atoms with Gasteiger partial charge < -0.3 is 9.64 Å². The smallest absolute Gasteiger partial charge is 0.346 e. The summed E-state index contributed by atoms with van der Waals surface area (Å²) in [5, 5.41) is 15.4. The first-order chi connectivity index (χ1) is 15.5. The number of benzene rings is 1. The molecule has 1 aromatic carbocycles. The molecule has 2 aliphatic rings. The number of hydrogen-bond donors (Lipinski definition) is 0. The van der Waals surface area contributed by atoms with Crippen LogP contribution in [0.3, 0.4) is 0 Å². The molecule has 1 atom stereocenters. The minimum atomic E-state index is -0.454. The number of nitro groups is 1. The zero-order valence-corrected chi connectivity index (χ0v) is 18.1. The first kappa shape index (κ1) is 21.9. The van der Waals surface area contributed by atoms with Crippen molar-refractivity contribution in [3.8, 4) is 0 Å². The molecule has 1 aliphatic heterocycles. The van der Waals surface area contributed by atoms with Crippen LogP contribution < -0.4 is 5.69 Å². The molecule has 1 amide bonds. The van der Waals surface area contributed by atoms with E-state index in [1.54, 1.807) is 30.2 Å². The zero-order chi connectivity index (χ0) is 22.7. The quantitative estimate of drug-likeness (QED) is 0.353. The minimum absolute atomic E-state index is 0.0116. The number of ether oxygens (including phenoxy) is 1. The Morgan fingerprint density at radius 3 is 2.69 bits per heavy atom. The van der Waals surface area contributed by atoms with E-state index in [1.807, 2.05) is 4.57 Å². The first-order valence-corrected chi connectivity index (χ1v) is 10.9. The number of carbonyl (C=O) groups excluding carboxylic acids is 1. The van der Waals surface area contributed by atoms with E-state index < -0.39 is 4.92 Å². The Bertz CT molecular complexity index is 1070. The summed E-state index contributed by atoms with van der Waals surface area (Å²) in [6.07, 6.45) is 6.84. The molecular formula is C22H27N5O5. The van der Waals surface area contributed by atoms with Gasteiger partial charge in [0.25, 0.3) is 5.69 Å². The number of aromatic nitrogens is 3. The number of likely N-dealkylation sites (tertiary alicyclic amines) is 1. The molecule has 170 valence electrons. The fourth-order valence-corrected chi connectivity index (χ4v) is 4.08. The Kier molecular flexibility index (Phi) is 6.50. The number of hydrogen-bond acceptors (Lipinski definition) is 6. The SMILES string of the molecule is COCCn1nc(C2CCCN(C(=O)/C=C/c3ccc([N+](=O)[O-])cc3)C2)n(C2CC2)c1=O. The summed E-state index contributed by atoms with van der Waals surface area (Å²) < 4.78 is 8.40. The molecule has 1 saturated heterocycles. The second-order valence-electron chi connectivity index (χ2n) is 8.26. The van der Waals surface area contributed by atoms with Crippen LogP contribution in [0, 0.1) is 10.1 Å². The highest BCUT2D eigenvalue weighted by molar-refractivity contribution is 5.91. The van der Waals surface area contributed by atoms with Gasteiger partial charge in [0.1, 0.15) is 5.82 Å². The van der Waals surface area contributed by atoms with E-state index in [0.29, 0.717) is 26.2 Å². The summed E-state index contributed by atoms with van der Waals surface area (Å²) >= 11 is 0. The highest BCUT2D eigenvalue weighted by Gasteiger charge is 2.34. The van der Waals surface area contributed by atoms with E-state index in [-0.39, 0.29) is 29.2 Å². The van der Waals surface area contributed by atoms with Gasteiger partial charge in [0.2, 0.25) is 5.91 Å². The summed E-state index contributed by atoms with van der Waals surface area (Å²) in [6, 6.07) is 6.27. The van der Waals surface area contributed by atoms with Gasteiger partial charge >= 0.3 is 5.69 Å². The third-order valence-electron chi connectivity index (χ3n) is 5.94. The summed E-state index contributed by atoms with van der Waals surface area (Å²) in [5.41, 5.74) is 0.636. The molecule has 0 bridgehead atoms. The largest absolute Gasteiger partial charge is 0.383 e. The molecule has 0 N–H and O–H groups in total. The van der Waals surface area contributed by atoms with Gasteiger partial charge in [-0.3, -0.25) is 19.5 Å². The second kappa shape index (κ2) is 9.47. The second-order valence-corrected chi connectivity index (χ2v) is 8.26. The molecule has 4 rings (SSSR count). The maximum absolute atomic E-state index is 12.8. The van der Waals surface area contributed by atoms with Crippen molar-refractivity contribution in [3.63, 3.8) is 0 Å². The Balaban J connectivity index is 1.47. The fourth-order valence-electron chi connectivity index (χ4n) is 4.08. The summed E-state index contributed by atoms with van der Waals surface area (Å²) in [5.74, 6) is 0.662. The fraction of sp³-hybridized carbons (Fsp3) is 0.500. The van der Waals surface area contributed by atoms with Crippen molar-refractivity contribution in [2.24, 2.45) is 0 Å². The molecule has 10 heteroatoms. The molecule has 32 heavy (non-hydrogen) atoms. The van der Waals surface area contributed by atoms with Crippen molar-refractivity contribution in [2.75, 3.05) is 26.8 Å². The number of nitrogens with zero attached hydrogens (tertiary/aromatic N) is 5. The summed E-state index contributed by atoms with van der Waals surface area (Å²) in [6.45, 7) is 1.99. The number of carbonyl (C=O) groups is 1. The lowest BCUT2D eigenvalue weighted by Crippen LogP contribution is -2.39. The lowest BCUT2D eigenvalue weighted by Gasteiger charge is -2.31. The molecule has 0 radical (unpaired) electrons. The molecule has 1 aliphatic carbocycles. The number of amides is 1. The predicted octanol–water partition coefficient (Wildman–Crippen LogP) is 2.35. The monoisotopic (exact) mass is 441 g/mol. The highest BCUT2D eigenvalue weighted by Crippen LogP contribution is 2.37. The number of non-ortho nitro benzene ring substituents is 1. The maximum atomic E-state index is 12.8. The van der Waals surface area contributed by atoms with Crippen LogP contribution in [0.25, 0.3) is 6.08 Å². The number of piperidine rings is 1. The van der Waals surface area contributed by atoms with Crippen LogP contribution in [0.15, 0.2) is 35.1 Å². The molecule has 2 aromatic rings. The van der Waals surface area contributed by atoms with Gasteiger partial charge in [-0.25, -0.2) is 9.48 Å². The Morgan fingerprint density at radius 1 is 1.28 bits per heavy atom. The predicted molar refractivity (Wildman–Crippen MR) is 117 cm³/mol. The van der Waals surface area contributed by atoms with E-state index in [1.165, 1.54) is 22.9 Å². The van der Waals surface area contributed by atoms with Crippen LogP contribution in [0.5, 0.6) is 0 Å². The highest BCUT2D eigenvalue weighted by atomic mass is 16.6. The van der Waals surface area contributed by atoms with E-state index in [0.717, 1.165) is 37.1 Å². The van der Waals surface area contributed by atoms with Crippen LogP contribution in [0.2, 0.25) is 0 Å². The van der Waals surface area contributed by atoms with Crippen LogP contribution in [-0.4, -0.2) is 56.9 Å². The lowest BCUT2D eigenvalue weighted by molar-refractivity contribution is -0.384.